The molecule has 0 spiro atoms. The van der Waals surface area contributed by atoms with Crippen molar-refractivity contribution in [3.05, 3.63) is 12.4 Å². The number of piperazine rings is 1. The smallest absolute Gasteiger partial charge is 0.301 e. The molecule has 9 heteroatoms. The summed E-state index contributed by atoms with van der Waals surface area (Å²) in [7, 11) is -3.49. The van der Waals surface area contributed by atoms with Crippen LogP contribution < -0.4 is 10.0 Å². The topological polar surface area (TPSA) is 88.5 Å². The summed E-state index contributed by atoms with van der Waals surface area (Å²) in [5, 5.41) is 7.32. The Hall–Kier alpha value is -1.16. The van der Waals surface area contributed by atoms with E-state index in [4.69, 9.17) is 4.74 Å². The minimum atomic E-state index is -3.49. The normalized spacial score (nSPS) is 24.3. The van der Waals surface area contributed by atoms with E-state index in [-0.39, 0.29) is 6.10 Å². The summed E-state index contributed by atoms with van der Waals surface area (Å²) >= 11 is 0. The molecule has 3 heterocycles. The molecule has 1 aromatic rings. The first kappa shape index (κ1) is 14.8. The third-order valence-electron chi connectivity index (χ3n) is 3.71. The Bertz CT molecular complexity index is 561. The fourth-order valence-electron chi connectivity index (χ4n) is 2.61. The molecule has 1 unspecified atom stereocenters. The number of hydrogen-bond donors (Lipinski definition) is 2. The summed E-state index contributed by atoms with van der Waals surface area (Å²) in [5.41, 5.74) is 0.492. The SMILES string of the molecule is O=S(=O)(Nc1cnn(CC2CCCO2)c1)N1CCNCC1. The van der Waals surface area contributed by atoms with Gasteiger partial charge in [0.2, 0.25) is 0 Å². The van der Waals surface area contributed by atoms with Crippen molar-refractivity contribution in [2.45, 2.75) is 25.5 Å². The highest BCUT2D eigenvalue weighted by Crippen LogP contribution is 2.16. The summed E-state index contributed by atoms with van der Waals surface area (Å²) in [5.74, 6) is 0. The number of ether oxygens (including phenoxy) is 1. The lowest BCUT2D eigenvalue weighted by Crippen LogP contribution is -2.48. The monoisotopic (exact) mass is 315 g/mol. The first-order chi connectivity index (χ1) is 10.1. The Morgan fingerprint density at radius 1 is 1.43 bits per heavy atom. The molecule has 2 N–H and O–H groups in total. The molecule has 0 bridgehead atoms. The van der Waals surface area contributed by atoms with E-state index in [1.807, 2.05) is 0 Å². The highest BCUT2D eigenvalue weighted by atomic mass is 32.2. The van der Waals surface area contributed by atoms with Crippen LogP contribution in [0.25, 0.3) is 0 Å². The zero-order chi connectivity index (χ0) is 14.7. The maximum atomic E-state index is 12.2. The van der Waals surface area contributed by atoms with Crippen LogP contribution in [-0.4, -0.2) is 61.4 Å². The molecule has 21 heavy (non-hydrogen) atoms. The fourth-order valence-corrected chi connectivity index (χ4v) is 3.81. The first-order valence-electron chi connectivity index (χ1n) is 7.26. The van der Waals surface area contributed by atoms with E-state index in [2.05, 4.69) is 15.1 Å². The van der Waals surface area contributed by atoms with Crippen molar-refractivity contribution in [3.8, 4) is 0 Å². The van der Waals surface area contributed by atoms with Crippen molar-refractivity contribution in [2.24, 2.45) is 0 Å². The third-order valence-corrected chi connectivity index (χ3v) is 5.25. The summed E-state index contributed by atoms with van der Waals surface area (Å²) in [6.45, 7) is 3.79. The van der Waals surface area contributed by atoms with Crippen molar-refractivity contribution in [3.63, 3.8) is 0 Å². The van der Waals surface area contributed by atoms with Crippen molar-refractivity contribution in [2.75, 3.05) is 37.5 Å². The van der Waals surface area contributed by atoms with Gasteiger partial charge in [-0.2, -0.15) is 17.8 Å². The van der Waals surface area contributed by atoms with E-state index in [1.54, 1.807) is 10.9 Å². The predicted molar refractivity (Wildman–Crippen MR) is 78.2 cm³/mol. The van der Waals surface area contributed by atoms with Crippen LogP contribution in [0.5, 0.6) is 0 Å². The lowest BCUT2D eigenvalue weighted by molar-refractivity contribution is 0.0940. The average Bonchev–Trinajstić information content (AvgIpc) is 3.12. The molecule has 0 amide bonds. The van der Waals surface area contributed by atoms with E-state index < -0.39 is 10.2 Å². The molecule has 2 aliphatic heterocycles. The number of nitrogens with one attached hydrogen (secondary N) is 2. The van der Waals surface area contributed by atoms with Gasteiger partial charge in [0.05, 0.1) is 24.5 Å². The van der Waals surface area contributed by atoms with Gasteiger partial charge in [-0.05, 0) is 12.8 Å². The Morgan fingerprint density at radius 2 is 2.24 bits per heavy atom. The van der Waals surface area contributed by atoms with Crippen LogP contribution in [0.3, 0.4) is 0 Å². The number of nitrogens with zero attached hydrogens (tertiary/aromatic N) is 3. The second-order valence-electron chi connectivity index (χ2n) is 5.34. The van der Waals surface area contributed by atoms with Gasteiger partial charge in [-0.1, -0.05) is 0 Å². The molecular formula is C12H21N5O3S. The summed E-state index contributed by atoms with van der Waals surface area (Å²) in [6, 6.07) is 0. The van der Waals surface area contributed by atoms with E-state index in [0.29, 0.717) is 38.4 Å². The Kier molecular flexibility index (Phi) is 4.43. The van der Waals surface area contributed by atoms with Crippen LogP contribution in [0.15, 0.2) is 12.4 Å². The van der Waals surface area contributed by atoms with Gasteiger partial charge in [0.25, 0.3) is 0 Å². The van der Waals surface area contributed by atoms with Crippen LogP contribution in [0.1, 0.15) is 12.8 Å². The van der Waals surface area contributed by atoms with Gasteiger partial charge in [0, 0.05) is 39.0 Å². The van der Waals surface area contributed by atoms with Gasteiger partial charge >= 0.3 is 10.2 Å². The summed E-state index contributed by atoms with van der Waals surface area (Å²) in [4.78, 5) is 0. The average molecular weight is 315 g/mol. The van der Waals surface area contributed by atoms with E-state index in [9.17, 15) is 8.42 Å². The van der Waals surface area contributed by atoms with E-state index in [0.717, 1.165) is 19.4 Å². The Labute approximate surface area is 124 Å². The molecule has 0 radical (unpaired) electrons. The largest absolute Gasteiger partial charge is 0.376 e. The molecule has 118 valence electrons. The number of aromatic nitrogens is 2. The quantitative estimate of drug-likeness (QED) is 0.773. The van der Waals surface area contributed by atoms with Crippen molar-refractivity contribution in [1.29, 1.82) is 0 Å². The minimum absolute atomic E-state index is 0.183. The standard InChI is InChI=1S/C12H21N5O3S/c18-21(19,17-5-3-13-4-6-17)15-11-8-14-16(9-11)10-12-2-1-7-20-12/h8-9,12-13,15H,1-7,10H2. The fraction of sp³-hybridized carbons (Fsp3) is 0.750. The molecule has 0 saturated carbocycles. The van der Waals surface area contributed by atoms with E-state index >= 15 is 0 Å². The van der Waals surface area contributed by atoms with Gasteiger partial charge in [-0.25, -0.2) is 0 Å². The van der Waals surface area contributed by atoms with Gasteiger partial charge in [0.1, 0.15) is 0 Å². The molecule has 0 aromatic carbocycles. The molecule has 1 atom stereocenters. The van der Waals surface area contributed by atoms with Crippen molar-refractivity contribution >= 4 is 15.9 Å². The van der Waals surface area contributed by atoms with Gasteiger partial charge in [-0.3, -0.25) is 9.40 Å². The van der Waals surface area contributed by atoms with Crippen LogP contribution >= 0.6 is 0 Å². The molecule has 2 saturated heterocycles. The second kappa shape index (κ2) is 6.30. The van der Waals surface area contributed by atoms with Crippen molar-refractivity contribution in [1.82, 2.24) is 19.4 Å². The second-order valence-corrected chi connectivity index (χ2v) is 7.01. The minimum Gasteiger partial charge on any atom is -0.376 e. The van der Waals surface area contributed by atoms with Crippen molar-refractivity contribution < 1.29 is 13.2 Å². The molecular weight excluding hydrogens is 294 g/mol. The summed E-state index contributed by atoms with van der Waals surface area (Å²) < 4.78 is 35.8. The van der Waals surface area contributed by atoms with Gasteiger partial charge in [-0.15, -0.1) is 0 Å². The Balaban J connectivity index is 1.60. The predicted octanol–water partition coefficient (Wildman–Crippen LogP) is -0.376. The highest BCUT2D eigenvalue weighted by molar-refractivity contribution is 7.90. The lowest BCUT2D eigenvalue weighted by Gasteiger charge is -2.26. The zero-order valence-corrected chi connectivity index (χ0v) is 12.7. The molecule has 3 rings (SSSR count). The molecule has 2 fully saturated rings. The van der Waals surface area contributed by atoms with Crippen LogP contribution in [0.2, 0.25) is 0 Å². The molecule has 2 aliphatic rings. The van der Waals surface area contributed by atoms with Gasteiger partial charge < -0.3 is 10.1 Å². The third kappa shape index (κ3) is 3.73. The van der Waals surface area contributed by atoms with Crippen LogP contribution in [0, 0.1) is 0 Å². The Morgan fingerprint density at radius 3 is 2.95 bits per heavy atom. The van der Waals surface area contributed by atoms with E-state index in [1.165, 1.54) is 10.5 Å². The van der Waals surface area contributed by atoms with Crippen LogP contribution in [0.4, 0.5) is 5.69 Å². The zero-order valence-electron chi connectivity index (χ0n) is 11.9. The maximum Gasteiger partial charge on any atom is 0.301 e. The number of hydrogen-bond acceptors (Lipinski definition) is 5. The number of rotatable bonds is 5. The maximum absolute atomic E-state index is 12.2. The number of anilines is 1. The first-order valence-corrected chi connectivity index (χ1v) is 8.70. The molecule has 1 aromatic heterocycles. The lowest BCUT2D eigenvalue weighted by atomic mass is 10.2. The molecule has 8 nitrogen and oxygen atoms in total. The highest BCUT2D eigenvalue weighted by Gasteiger charge is 2.24. The summed E-state index contributed by atoms with van der Waals surface area (Å²) in [6.07, 6.45) is 5.54. The molecule has 0 aliphatic carbocycles. The van der Waals surface area contributed by atoms with Crippen LogP contribution in [-0.2, 0) is 21.5 Å². The van der Waals surface area contributed by atoms with Gasteiger partial charge in [0.15, 0.2) is 0 Å².